The van der Waals surface area contributed by atoms with Crippen LogP contribution in [0.1, 0.15) is 32.1 Å². The smallest absolute Gasteiger partial charge is 0.225 e. The summed E-state index contributed by atoms with van der Waals surface area (Å²) in [5.74, 6) is 2.94. The fraction of sp³-hybridized carbons (Fsp3) is 0.600. The van der Waals surface area contributed by atoms with Gasteiger partial charge in [0.15, 0.2) is 11.5 Å². The van der Waals surface area contributed by atoms with Crippen LogP contribution in [0.5, 0.6) is 11.5 Å². The van der Waals surface area contributed by atoms with Crippen molar-refractivity contribution in [3.8, 4) is 11.5 Å². The lowest BCUT2D eigenvalue weighted by Crippen LogP contribution is -2.49. The van der Waals surface area contributed by atoms with Crippen LogP contribution in [0.2, 0.25) is 0 Å². The molecule has 3 N–H and O–H groups in total. The van der Waals surface area contributed by atoms with Crippen molar-refractivity contribution in [1.82, 2.24) is 14.9 Å². The maximum Gasteiger partial charge on any atom is 0.225 e. The van der Waals surface area contributed by atoms with E-state index in [2.05, 4.69) is 20.2 Å². The molecule has 2 aromatic rings. The number of fused-ring (bicyclic) bond motifs is 2. The number of nitrogen functional groups attached to an aromatic ring is 1. The van der Waals surface area contributed by atoms with Gasteiger partial charge < -0.3 is 25.4 Å². The van der Waals surface area contributed by atoms with Gasteiger partial charge in [0.25, 0.3) is 0 Å². The van der Waals surface area contributed by atoms with Crippen molar-refractivity contribution in [3.63, 3.8) is 0 Å². The van der Waals surface area contributed by atoms with E-state index in [-0.39, 0.29) is 0 Å². The monoisotopic (exact) mass is 371 g/mol. The molecule has 0 spiro atoms. The first-order valence-corrected chi connectivity index (χ1v) is 9.86. The Balaban J connectivity index is 1.53. The second kappa shape index (κ2) is 7.76. The minimum absolute atomic E-state index is 0.450. The summed E-state index contributed by atoms with van der Waals surface area (Å²) in [6, 6.07) is 4.37. The molecule has 0 radical (unpaired) electrons. The first-order valence-electron chi connectivity index (χ1n) is 9.86. The Morgan fingerprint density at radius 1 is 1.07 bits per heavy atom. The minimum atomic E-state index is 0.450. The third kappa shape index (κ3) is 3.60. The predicted octanol–water partition coefficient (Wildman–Crippen LogP) is 2.91. The molecule has 2 aliphatic heterocycles. The van der Waals surface area contributed by atoms with Crippen LogP contribution in [0.4, 0.5) is 11.8 Å². The molecule has 0 saturated carbocycles. The molecule has 27 heavy (non-hydrogen) atoms. The Bertz CT molecular complexity index is 811. The lowest BCUT2D eigenvalue weighted by atomic mass is 9.83. The average molecular weight is 371 g/mol. The van der Waals surface area contributed by atoms with Gasteiger partial charge in [-0.05, 0) is 50.8 Å². The number of anilines is 2. The van der Waals surface area contributed by atoms with Gasteiger partial charge in [0.05, 0.1) is 19.7 Å². The molecule has 1 aromatic heterocycles. The maximum atomic E-state index is 6.19. The van der Waals surface area contributed by atoms with Crippen molar-refractivity contribution >= 4 is 22.7 Å². The number of nitrogens with one attached hydrogen (secondary N) is 1. The molecular weight excluding hydrogens is 342 g/mol. The third-order valence-corrected chi connectivity index (χ3v) is 5.98. The van der Waals surface area contributed by atoms with Crippen molar-refractivity contribution in [2.75, 3.05) is 44.9 Å². The zero-order valence-electron chi connectivity index (χ0n) is 16.2. The fourth-order valence-electron chi connectivity index (χ4n) is 4.60. The summed E-state index contributed by atoms with van der Waals surface area (Å²) >= 11 is 0. The fourth-order valence-corrected chi connectivity index (χ4v) is 4.60. The summed E-state index contributed by atoms with van der Waals surface area (Å²) < 4.78 is 10.7. The topological polar surface area (TPSA) is 85.5 Å². The number of piperidine rings is 2. The number of nitrogens with two attached hydrogens (primary N) is 1. The summed E-state index contributed by atoms with van der Waals surface area (Å²) in [6.45, 7) is 3.39. The predicted molar refractivity (Wildman–Crippen MR) is 107 cm³/mol. The molecule has 7 nitrogen and oxygen atoms in total. The van der Waals surface area contributed by atoms with Crippen molar-refractivity contribution in [1.29, 1.82) is 0 Å². The van der Waals surface area contributed by atoms with Crippen LogP contribution >= 0.6 is 0 Å². The lowest BCUT2D eigenvalue weighted by molar-refractivity contribution is 0.0648. The highest BCUT2D eigenvalue weighted by Crippen LogP contribution is 2.34. The second-order valence-corrected chi connectivity index (χ2v) is 7.54. The standard InChI is InChI=1S/C20H29N5O2/c1-26-17-10-14-15(11-18(17)27-2)23-20(24-19(14)21)22-12-13-6-5-9-25-8-4-3-7-16(13)25/h10-11,13,16H,3-9,12H2,1-2H3,(H3,21,22,23,24)/t13-,16+/m0/s1. The summed E-state index contributed by atoms with van der Waals surface area (Å²) in [6.07, 6.45) is 6.54. The number of benzene rings is 1. The molecule has 7 heteroatoms. The van der Waals surface area contributed by atoms with E-state index in [4.69, 9.17) is 15.2 Å². The minimum Gasteiger partial charge on any atom is -0.493 e. The molecule has 2 atom stereocenters. The Kier molecular flexibility index (Phi) is 5.20. The average Bonchev–Trinajstić information content (AvgIpc) is 2.71. The van der Waals surface area contributed by atoms with Crippen LogP contribution in [0, 0.1) is 5.92 Å². The first-order chi connectivity index (χ1) is 13.2. The molecule has 4 rings (SSSR count). The number of hydrogen-bond donors (Lipinski definition) is 2. The number of rotatable bonds is 5. The van der Waals surface area contributed by atoms with E-state index in [1.54, 1.807) is 14.2 Å². The highest BCUT2D eigenvalue weighted by atomic mass is 16.5. The van der Waals surface area contributed by atoms with Crippen LogP contribution < -0.4 is 20.5 Å². The van der Waals surface area contributed by atoms with Gasteiger partial charge in [-0.1, -0.05) is 6.42 Å². The van der Waals surface area contributed by atoms with E-state index in [1.807, 2.05) is 12.1 Å². The summed E-state index contributed by atoms with van der Waals surface area (Å²) in [4.78, 5) is 11.8. The molecule has 0 unspecified atom stereocenters. The van der Waals surface area contributed by atoms with Gasteiger partial charge in [-0.2, -0.15) is 4.98 Å². The summed E-state index contributed by atoms with van der Waals surface area (Å²) in [5, 5.41) is 4.22. The maximum absolute atomic E-state index is 6.19. The van der Waals surface area contributed by atoms with Gasteiger partial charge in [-0.25, -0.2) is 4.98 Å². The molecule has 3 heterocycles. The van der Waals surface area contributed by atoms with Crippen LogP contribution in [-0.4, -0.2) is 54.8 Å². The lowest BCUT2D eigenvalue weighted by Gasteiger charge is -2.44. The van der Waals surface area contributed by atoms with E-state index < -0.39 is 0 Å². The van der Waals surface area contributed by atoms with Crippen molar-refractivity contribution in [2.24, 2.45) is 5.92 Å². The molecule has 2 aliphatic rings. The highest BCUT2D eigenvalue weighted by Gasteiger charge is 2.32. The Labute approximate surface area is 160 Å². The molecule has 2 fully saturated rings. The van der Waals surface area contributed by atoms with E-state index >= 15 is 0 Å². The molecule has 0 amide bonds. The van der Waals surface area contributed by atoms with Gasteiger partial charge in [-0.15, -0.1) is 0 Å². The quantitative estimate of drug-likeness (QED) is 0.836. The van der Waals surface area contributed by atoms with E-state index in [0.717, 1.165) is 17.4 Å². The second-order valence-electron chi connectivity index (χ2n) is 7.54. The molecule has 2 saturated heterocycles. The van der Waals surface area contributed by atoms with Crippen molar-refractivity contribution in [3.05, 3.63) is 12.1 Å². The van der Waals surface area contributed by atoms with Gasteiger partial charge in [-0.3, -0.25) is 0 Å². The van der Waals surface area contributed by atoms with E-state index in [9.17, 15) is 0 Å². The summed E-state index contributed by atoms with van der Waals surface area (Å²) in [7, 11) is 3.22. The number of hydrogen-bond acceptors (Lipinski definition) is 7. The van der Waals surface area contributed by atoms with E-state index in [0.29, 0.717) is 35.2 Å². The highest BCUT2D eigenvalue weighted by molar-refractivity contribution is 5.91. The normalized spacial score (nSPS) is 23.0. The molecular formula is C20H29N5O2. The van der Waals surface area contributed by atoms with E-state index in [1.165, 1.54) is 45.2 Å². The number of ether oxygens (including phenoxy) is 2. The molecule has 1 aromatic carbocycles. The molecule has 146 valence electrons. The molecule has 0 bridgehead atoms. The number of methoxy groups -OCH3 is 2. The number of aromatic nitrogens is 2. The summed E-state index contributed by atoms with van der Waals surface area (Å²) in [5.41, 5.74) is 6.95. The van der Waals surface area contributed by atoms with Crippen LogP contribution in [0.3, 0.4) is 0 Å². The number of nitrogens with zero attached hydrogens (tertiary/aromatic N) is 3. The Hall–Kier alpha value is -2.28. The van der Waals surface area contributed by atoms with Crippen LogP contribution in [-0.2, 0) is 0 Å². The zero-order chi connectivity index (χ0) is 18.8. The molecule has 0 aliphatic carbocycles. The third-order valence-electron chi connectivity index (χ3n) is 5.98. The van der Waals surface area contributed by atoms with Crippen LogP contribution in [0.15, 0.2) is 12.1 Å². The Morgan fingerprint density at radius 2 is 1.85 bits per heavy atom. The van der Waals surface area contributed by atoms with Crippen LogP contribution in [0.25, 0.3) is 10.9 Å². The first kappa shape index (κ1) is 18.1. The van der Waals surface area contributed by atoms with Crippen molar-refractivity contribution in [2.45, 2.75) is 38.1 Å². The van der Waals surface area contributed by atoms with Gasteiger partial charge in [0.2, 0.25) is 5.95 Å². The van der Waals surface area contributed by atoms with Gasteiger partial charge >= 0.3 is 0 Å². The van der Waals surface area contributed by atoms with Gasteiger partial charge in [0, 0.05) is 24.0 Å². The largest absolute Gasteiger partial charge is 0.493 e. The Morgan fingerprint density at radius 3 is 2.67 bits per heavy atom. The van der Waals surface area contributed by atoms with Gasteiger partial charge in [0.1, 0.15) is 5.82 Å². The van der Waals surface area contributed by atoms with Crippen molar-refractivity contribution < 1.29 is 9.47 Å². The zero-order valence-corrected chi connectivity index (χ0v) is 16.2. The SMILES string of the molecule is COc1cc2nc(NC[C@@H]3CCCN4CCCC[C@H]34)nc(N)c2cc1OC.